The molecule has 0 radical (unpaired) electrons. The van der Waals surface area contributed by atoms with E-state index in [4.69, 9.17) is 14.6 Å². The molecule has 0 spiro atoms. The van der Waals surface area contributed by atoms with Crippen LogP contribution in [0.25, 0.3) is 0 Å². The highest BCUT2D eigenvalue weighted by Gasteiger charge is 2.23. The van der Waals surface area contributed by atoms with Gasteiger partial charge in [0.15, 0.2) is 0 Å². The number of rotatable bonds is 8. The molecule has 0 bridgehead atoms. The first-order valence-electron chi connectivity index (χ1n) is 6.92. The zero-order valence-corrected chi connectivity index (χ0v) is 13.1. The summed E-state index contributed by atoms with van der Waals surface area (Å²) in [6.07, 6.45) is 0.413. The fourth-order valence-electron chi connectivity index (χ4n) is 1.33. The Morgan fingerprint density at radius 2 is 1.70 bits per heavy atom. The SMILES string of the molecule is CC(C)CCOCCC(NC(=O)OC(C)(C)C)C(=O)O. The van der Waals surface area contributed by atoms with Crippen molar-refractivity contribution in [1.82, 2.24) is 5.32 Å². The lowest BCUT2D eigenvalue weighted by Gasteiger charge is -2.22. The van der Waals surface area contributed by atoms with E-state index in [2.05, 4.69) is 19.2 Å². The smallest absolute Gasteiger partial charge is 0.408 e. The van der Waals surface area contributed by atoms with Crippen LogP contribution in [-0.4, -0.2) is 42.0 Å². The summed E-state index contributed by atoms with van der Waals surface area (Å²) in [5, 5.41) is 11.4. The van der Waals surface area contributed by atoms with Crippen molar-refractivity contribution in [2.24, 2.45) is 5.92 Å². The van der Waals surface area contributed by atoms with E-state index >= 15 is 0 Å². The Morgan fingerprint density at radius 3 is 2.15 bits per heavy atom. The maximum atomic E-state index is 11.5. The summed E-state index contributed by atoms with van der Waals surface area (Å²) in [4.78, 5) is 22.6. The highest BCUT2D eigenvalue weighted by Crippen LogP contribution is 2.07. The monoisotopic (exact) mass is 289 g/mol. The van der Waals surface area contributed by atoms with Gasteiger partial charge in [-0.1, -0.05) is 13.8 Å². The first-order chi connectivity index (χ1) is 9.11. The zero-order chi connectivity index (χ0) is 15.8. The van der Waals surface area contributed by atoms with Crippen molar-refractivity contribution in [1.29, 1.82) is 0 Å². The quantitative estimate of drug-likeness (QED) is 0.670. The molecule has 0 aromatic carbocycles. The van der Waals surface area contributed by atoms with E-state index in [1.54, 1.807) is 20.8 Å². The number of carbonyl (C=O) groups excluding carboxylic acids is 1. The van der Waals surface area contributed by atoms with Crippen LogP contribution >= 0.6 is 0 Å². The molecular formula is C14H27NO5. The Morgan fingerprint density at radius 1 is 1.15 bits per heavy atom. The molecule has 0 aromatic heterocycles. The first kappa shape index (κ1) is 18.7. The average Bonchev–Trinajstić information content (AvgIpc) is 2.23. The molecule has 2 N–H and O–H groups in total. The van der Waals surface area contributed by atoms with Gasteiger partial charge in [0.05, 0.1) is 0 Å². The second kappa shape index (κ2) is 8.79. The number of carbonyl (C=O) groups is 2. The van der Waals surface area contributed by atoms with Gasteiger partial charge in [0.1, 0.15) is 11.6 Å². The lowest BCUT2D eigenvalue weighted by Crippen LogP contribution is -2.44. The summed E-state index contributed by atoms with van der Waals surface area (Å²) in [5.41, 5.74) is -0.652. The molecule has 20 heavy (non-hydrogen) atoms. The van der Waals surface area contributed by atoms with Crippen LogP contribution in [0.5, 0.6) is 0 Å². The minimum atomic E-state index is -1.09. The van der Waals surface area contributed by atoms with Crippen LogP contribution in [0.15, 0.2) is 0 Å². The molecule has 1 unspecified atom stereocenters. The Labute approximate surface area is 120 Å². The molecule has 118 valence electrons. The van der Waals surface area contributed by atoms with Gasteiger partial charge in [-0.15, -0.1) is 0 Å². The number of hydrogen-bond donors (Lipinski definition) is 2. The standard InChI is InChI=1S/C14H27NO5/c1-10(2)6-8-19-9-7-11(12(16)17)15-13(18)20-14(3,4)5/h10-11H,6-9H2,1-5H3,(H,15,18)(H,16,17). The zero-order valence-electron chi connectivity index (χ0n) is 13.1. The van der Waals surface area contributed by atoms with Crippen molar-refractivity contribution in [2.75, 3.05) is 13.2 Å². The number of nitrogens with one attached hydrogen (secondary N) is 1. The van der Waals surface area contributed by atoms with Gasteiger partial charge in [-0.2, -0.15) is 0 Å². The minimum Gasteiger partial charge on any atom is -0.480 e. The van der Waals surface area contributed by atoms with Gasteiger partial charge in [0.2, 0.25) is 0 Å². The molecule has 0 saturated carbocycles. The molecule has 0 aliphatic heterocycles. The van der Waals surface area contributed by atoms with E-state index in [0.717, 1.165) is 6.42 Å². The molecule has 6 nitrogen and oxygen atoms in total. The largest absolute Gasteiger partial charge is 0.480 e. The van der Waals surface area contributed by atoms with Gasteiger partial charge in [-0.25, -0.2) is 9.59 Å². The normalized spacial score (nSPS) is 13.1. The van der Waals surface area contributed by atoms with E-state index in [9.17, 15) is 9.59 Å². The molecule has 0 aliphatic carbocycles. The Bertz CT molecular complexity index is 309. The lowest BCUT2D eigenvalue weighted by molar-refractivity contribution is -0.140. The van der Waals surface area contributed by atoms with Crippen LogP contribution in [0.4, 0.5) is 4.79 Å². The first-order valence-corrected chi connectivity index (χ1v) is 6.92. The van der Waals surface area contributed by atoms with Crippen LogP contribution in [-0.2, 0) is 14.3 Å². The van der Waals surface area contributed by atoms with E-state index < -0.39 is 23.7 Å². The molecule has 0 rings (SSSR count). The molecule has 1 amide bonds. The lowest BCUT2D eigenvalue weighted by atomic mass is 10.1. The van der Waals surface area contributed by atoms with E-state index in [1.165, 1.54) is 0 Å². The van der Waals surface area contributed by atoms with Gasteiger partial charge in [-0.05, 0) is 33.1 Å². The topological polar surface area (TPSA) is 84.9 Å². The highest BCUT2D eigenvalue weighted by molar-refractivity contribution is 5.79. The maximum Gasteiger partial charge on any atom is 0.408 e. The summed E-state index contributed by atoms with van der Waals surface area (Å²) < 4.78 is 10.4. The molecule has 0 saturated heterocycles. The number of ether oxygens (including phenoxy) is 2. The predicted octanol–water partition coefficient (Wildman–Crippen LogP) is 2.42. The van der Waals surface area contributed by atoms with E-state index in [1.807, 2.05) is 0 Å². The summed E-state index contributed by atoms with van der Waals surface area (Å²) in [7, 11) is 0. The number of aliphatic carboxylic acids is 1. The number of hydrogen-bond acceptors (Lipinski definition) is 4. The molecule has 0 heterocycles. The van der Waals surface area contributed by atoms with Gasteiger partial charge >= 0.3 is 12.1 Å². The summed E-state index contributed by atoms with van der Waals surface area (Å²) in [5.74, 6) is -0.548. The van der Waals surface area contributed by atoms with E-state index in [0.29, 0.717) is 19.1 Å². The van der Waals surface area contributed by atoms with Crippen molar-refractivity contribution in [2.45, 2.75) is 59.1 Å². The Hall–Kier alpha value is -1.30. The molecular weight excluding hydrogens is 262 g/mol. The van der Waals surface area contributed by atoms with Crippen LogP contribution < -0.4 is 5.32 Å². The minimum absolute atomic E-state index is 0.215. The summed E-state index contributed by atoms with van der Waals surface area (Å²) in [6, 6.07) is -0.996. The van der Waals surface area contributed by atoms with Crippen LogP contribution in [0.1, 0.15) is 47.5 Å². The maximum absolute atomic E-state index is 11.5. The summed E-state index contributed by atoms with van der Waals surface area (Å²) in [6.45, 7) is 10.2. The third kappa shape index (κ3) is 10.6. The number of carboxylic acid groups (broad SMARTS) is 1. The molecule has 6 heteroatoms. The van der Waals surface area contributed by atoms with Gasteiger partial charge in [-0.3, -0.25) is 0 Å². The van der Waals surface area contributed by atoms with Crippen molar-refractivity contribution in [3.8, 4) is 0 Å². The Balaban J connectivity index is 4.05. The second-order valence-corrected chi connectivity index (χ2v) is 6.12. The van der Waals surface area contributed by atoms with Gasteiger partial charge < -0.3 is 19.9 Å². The number of alkyl carbamates (subject to hydrolysis) is 1. The second-order valence-electron chi connectivity index (χ2n) is 6.12. The van der Waals surface area contributed by atoms with Gasteiger partial charge in [0.25, 0.3) is 0 Å². The predicted molar refractivity (Wildman–Crippen MR) is 75.7 cm³/mol. The van der Waals surface area contributed by atoms with E-state index in [-0.39, 0.29) is 6.42 Å². The molecule has 0 fully saturated rings. The third-order valence-electron chi connectivity index (χ3n) is 2.38. The van der Waals surface area contributed by atoms with Crippen LogP contribution in [0.3, 0.4) is 0 Å². The third-order valence-corrected chi connectivity index (χ3v) is 2.38. The number of amides is 1. The molecule has 0 aliphatic rings. The fraction of sp³-hybridized carbons (Fsp3) is 0.857. The van der Waals surface area contributed by atoms with Crippen LogP contribution in [0, 0.1) is 5.92 Å². The van der Waals surface area contributed by atoms with Crippen molar-refractivity contribution in [3.05, 3.63) is 0 Å². The highest BCUT2D eigenvalue weighted by atomic mass is 16.6. The molecule has 0 aromatic rings. The number of carboxylic acids is 1. The van der Waals surface area contributed by atoms with Crippen LogP contribution in [0.2, 0.25) is 0 Å². The average molecular weight is 289 g/mol. The van der Waals surface area contributed by atoms with Crippen molar-refractivity contribution >= 4 is 12.1 Å². The summed E-state index contributed by atoms with van der Waals surface area (Å²) >= 11 is 0. The van der Waals surface area contributed by atoms with Crippen molar-refractivity contribution in [3.63, 3.8) is 0 Å². The van der Waals surface area contributed by atoms with Crippen molar-refractivity contribution < 1.29 is 24.2 Å². The fourth-order valence-corrected chi connectivity index (χ4v) is 1.33. The molecule has 1 atom stereocenters. The Kier molecular flexibility index (Phi) is 8.22. The van der Waals surface area contributed by atoms with Gasteiger partial charge in [0, 0.05) is 19.6 Å².